The summed E-state index contributed by atoms with van der Waals surface area (Å²) >= 11 is 2.02. The highest BCUT2D eigenvalue weighted by Gasteiger charge is 2.13. The zero-order valence-corrected chi connectivity index (χ0v) is 9.74. The molecule has 0 spiro atoms. The number of thioether (sulfide) groups is 1. The third kappa shape index (κ3) is 3.52. The Morgan fingerprint density at radius 2 is 1.71 bits per heavy atom. The monoisotopic (exact) mass is 229 g/mol. The molecule has 0 radical (unpaired) electrons. The van der Waals surface area contributed by atoms with E-state index in [-0.39, 0.29) is 12.4 Å². The summed E-state index contributed by atoms with van der Waals surface area (Å²) in [5.41, 5.74) is 0. The molecule has 0 atom stereocenters. The second-order valence-corrected chi connectivity index (χ2v) is 4.75. The van der Waals surface area contributed by atoms with Crippen LogP contribution in [0.2, 0.25) is 0 Å². The zero-order chi connectivity index (χ0) is 8.93. The Kier molecular flexibility index (Phi) is 5.38. The van der Waals surface area contributed by atoms with Crippen LogP contribution in [0.15, 0.2) is 35.2 Å². The number of rotatable bonds is 2. The maximum absolute atomic E-state index is 3.39. The van der Waals surface area contributed by atoms with E-state index < -0.39 is 0 Å². The first-order valence-electron chi connectivity index (χ1n) is 4.87. The smallest absolute Gasteiger partial charge is 0.0118 e. The van der Waals surface area contributed by atoms with Gasteiger partial charge in [0.1, 0.15) is 0 Å². The van der Waals surface area contributed by atoms with Gasteiger partial charge in [-0.3, -0.25) is 0 Å². The Labute approximate surface area is 96.1 Å². The number of benzene rings is 1. The number of hydrogen-bond acceptors (Lipinski definition) is 2. The molecule has 78 valence electrons. The molecule has 1 fully saturated rings. The van der Waals surface area contributed by atoms with E-state index in [1.165, 1.54) is 30.8 Å². The summed E-state index contributed by atoms with van der Waals surface area (Å²) in [6.07, 6.45) is 2.61. The van der Waals surface area contributed by atoms with E-state index in [1.54, 1.807) is 0 Å². The van der Waals surface area contributed by atoms with E-state index >= 15 is 0 Å². The van der Waals surface area contributed by atoms with E-state index in [1.807, 2.05) is 11.8 Å². The molecule has 1 saturated heterocycles. The molecule has 1 heterocycles. The van der Waals surface area contributed by atoms with E-state index in [0.29, 0.717) is 0 Å². The molecule has 0 amide bonds. The molecule has 0 aliphatic carbocycles. The Bertz CT molecular complexity index is 247. The van der Waals surface area contributed by atoms with Crippen molar-refractivity contribution < 1.29 is 0 Å². The quantitative estimate of drug-likeness (QED) is 0.837. The lowest BCUT2D eigenvalue weighted by atomic mass is 10.2. The fourth-order valence-corrected chi connectivity index (χ4v) is 2.78. The summed E-state index contributed by atoms with van der Waals surface area (Å²) in [6.45, 7) is 2.37. The van der Waals surface area contributed by atoms with Crippen molar-refractivity contribution in [3.63, 3.8) is 0 Å². The zero-order valence-electron chi connectivity index (χ0n) is 8.11. The lowest BCUT2D eigenvalue weighted by Gasteiger charge is -2.21. The van der Waals surface area contributed by atoms with Crippen LogP contribution >= 0.6 is 24.2 Å². The average molecular weight is 230 g/mol. The molecule has 14 heavy (non-hydrogen) atoms. The summed E-state index contributed by atoms with van der Waals surface area (Å²) in [7, 11) is 0. The molecule has 0 aromatic heterocycles. The van der Waals surface area contributed by atoms with Gasteiger partial charge in [-0.25, -0.2) is 0 Å². The van der Waals surface area contributed by atoms with Gasteiger partial charge in [0, 0.05) is 10.1 Å². The molecule has 1 N–H and O–H groups in total. The van der Waals surface area contributed by atoms with Crippen LogP contribution in [0, 0.1) is 0 Å². The van der Waals surface area contributed by atoms with Crippen LogP contribution in [0.5, 0.6) is 0 Å². The van der Waals surface area contributed by atoms with Crippen LogP contribution in [0.3, 0.4) is 0 Å². The van der Waals surface area contributed by atoms with Gasteiger partial charge in [0.15, 0.2) is 0 Å². The van der Waals surface area contributed by atoms with E-state index in [0.717, 1.165) is 5.25 Å². The van der Waals surface area contributed by atoms with E-state index in [2.05, 4.69) is 35.6 Å². The Hall–Kier alpha value is -0.180. The van der Waals surface area contributed by atoms with Gasteiger partial charge in [-0.15, -0.1) is 24.2 Å². The maximum atomic E-state index is 3.39. The van der Waals surface area contributed by atoms with Crippen molar-refractivity contribution in [2.45, 2.75) is 23.0 Å². The van der Waals surface area contributed by atoms with Crippen molar-refractivity contribution in [1.29, 1.82) is 0 Å². The molecule has 1 aliphatic rings. The fraction of sp³-hybridized carbons (Fsp3) is 0.455. The van der Waals surface area contributed by atoms with Crippen molar-refractivity contribution in [1.82, 2.24) is 5.32 Å². The highest BCUT2D eigenvalue weighted by atomic mass is 35.5. The molecule has 0 unspecified atom stereocenters. The molecule has 1 aliphatic heterocycles. The molecule has 0 bridgehead atoms. The molecular weight excluding hydrogens is 214 g/mol. The van der Waals surface area contributed by atoms with E-state index in [9.17, 15) is 0 Å². The first-order valence-corrected chi connectivity index (χ1v) is 5.75. The number of nitrogens with one attached hydrogen (secondary N) is 1. The minimum absolute atomic E-state index is 0. The molecule has 2 rings (SSSR count). The standard InChI is InChI=1S/C11H15NS.ClH/c1-2-4-10(5-3-1)13-11-6-8-12-9-7-11;/h1-5,11-12H,6-9H2;1H. The van der Waals surface area contributed by atoms with Crippen molar-refractivity contribution in [3.8, 4) is 0 Å². The van der Waals surface area contributed by atoms with Crippen LogP contribution in [0.1, 0.15) is 12.8 Å². The minimum Gasteiger partial charge on any atom is -0.317 e. The predicted molar refractivity (Wildman–Crippen MR) is 65.4 cm³/mol. The predicted octanol–water partition coefficient (Wildman–Crippen LogP) is 2.95. The largest absolute Gasteiger partial charge is 0.317 e. The average Bonchev–Trinajstić information content (AvgIpc) is 2.21. The van der Waals surface area contributed by atoms with Crippen LogP contribution in [-0.4, -0.2) is 18.3 Å². The summed E-state index contributed by atoms with van der Waals surface area (Å²) in [5.74, 6) is 0. The lowest BCUT2D eigenvalue weighted by Crippen LogP contribution is -2.29. The SMILES string of the molecule is Cl.c1ccc(SC2CCNCC2)cc1. The highest BCUT2D eigenvalue weighted by molar-refractivity contribution is 8.00. The van der Waals surface area contributed by atoms with Gasteiger partial charge in [-0.2, -0.15) is 0 Å². The second-order valence-electron chi connectivity index (χ2n) is 3.38. The normalized spacial score (nSPS) is 17.4. The van der Waals surface area contributed by atoms with Gasteiger partial charge in [-0.05, 0) is 38.1 Å². The number of halogens is 1. The Balaban J connectivity index is 0.000000980. The highest BCUT2D eigenvalue weighted by Crippen LogP contribution is 2.27. The summed E-state index contributed by atoms with van der Waals surface area (Å²) < 4.78 is 0. The van der Waals surface area contributed by atoms with Gasteiger partial charge in [0.25, 0.3) is 0 Å². The molecule has 1 aromatic carbocycles. The van der Waals surface area contributed by atoms with Gasteiger partial charge < -0.3 is 5.32 Å². The topological polar surface area (TPSA) is 12.0 Å². The lowest BCUT2D eigenvalue weighted by molar-refractivity contribution is 0.531. The number of hydrogen-bond donors (Lipinski definition) is 1. The fourth-order valence-electron chi connectivity index (χ4n) is 1.60. The van der Waals surface area contributed by atoms with Crippen LogP contribution in [-0.2, 0) is 0 Å². The summed E-state index contributed by atoms with van der Waals surface area (Å²) in [5, 5.41) is 4.21. The van der Waals surface area contributed by atoms with Crippen LogP contribution < -0.4 is 5.32 Å². The summed E-state index contributed by atoms with van der Waals surface area (Å²) in [4.78, 5) is 1.41. The first-order chi connectivity index (χ1) is 6.45. The minimum atomic E-state index is 0. The van der Waals surface area contributed by atoms with Crippen molar-refractivity contribution >= 4 is 24.2 Å². The van der Waals surface area contributed by atoms with Gasteiger partial charge >= 0.3 is 0 Å². The van der Waals surface area contributed by atoms with E-state index in [4.69, 9.17) is 0 Å². The molecular formula is C11H16ClNS. The van der Waals surface area contributed by atoms with Crippen molar-refractivity contribution in [3.05, 3.63) is 30.3 Å². The maximum Gasteiger partial charge on any atom is 0.0118 e. The molecule has 1 aromatic rings. The molecule has 3 heteroatoms. The third-order valence-corrected chi connectivity index (χ3v) is 3.68. The molecule has 0 saturated carbocycles. The Morgan fingerprint density at radius 3 is 2.36 bits per heavy atom. The molecule has 1 nitrogen and oxygen atoms in total. The summed E-state index contributed by atoms with van der Waals surface area (Å²) in [6, 6.07) is 10.7. The van der Waals surface area contributed by atoms with Crippen molar-refractivity contribution in [2.75, 3.05) is 13.1 Å². The van der Waals surface area contributed by atoms with Crippen LogP contribution in [0.25, 0.3) is 0 Å². The Morgan fingerprint density at radius 1 is 1.07 bits per heavy atom. The van der Waals surface area contributed by atoms with Gasteiger partial charge in [0.05, 0.1) is 0 Å². The van der Waals surface area contributed by atoms with Gasteiger partial charge in [-0.1, -0.05) is 18.2 Å². The van der Waals surface area contributed by atoms with Crippen LogP contribution in [0.4, 0.5) is 0 Å². The third-order valence-electron chi connectivity index (χ3n) is 2.33. The second kappa shape index (κ2) is 6.33. The van der Waals surface area contributed by atoms with Crippen molar-refractivity contribution in [2.24, 2.45) is 0 Å². The van der Waals surface area contributed by atoms with Gasteiger partial charge in [0.2, 0.25) is 0 Å². The number of piperidine rings is 1. The first kappa shape index (κ1) is 11.9.